The van der Waals surface area contributed by atoms with Gasteiger partial charge in [-0.3, -0.25) is 9.48 Å². The van der Waals surface area contributed by atoms with Crippen molar-refractivity contribution < 1.29 is 9.53 Å². The molecule has 0 radical (unpaired) electrons. The average Bonchev–Trinajstić information content (AvgIpc) is 2.77. The monoisotopic (exact) mass is 248 g/mol. The van der Waals surface area contributed by atoms with Crippen LogP contribution in [-0.2, 0) is 11.8 Å². The molecule has 0 bridgehead atoms. The van der Waals surface area contributed by atoms with Gasteiger partial charge in [-0.25, -0.2) is 9.48 Å². The van der Waals surface area contributed by atoms with Gasteiger partial charge in [-0.2, -0.15) is 10.2 Å². The molecule has 7 heteroatoms. The van der Waals surface area contributed by atoms with Crippen LogP contribution in [0.1, 0.15) is 17.4 Å². The summed E-state index contributed by atoms with van der Waals surface area (Å²) in [6, 6.07) is 2.97. The van der Waals surface area contributed by atoms with Crippen molar-refractivity contribution in [2.45, 2.75) is 6.92 Å². The SMILES string of the molecule is CCOC(=O)c1nn(-c2ccn(C)n2)ccc1=O. The highest BCUT2D eigenvalue weighted by Gasteiger charge is 2.14. The van der Waals surface area contributed by atoms with Gasteiger partial charge < -0.3 is 4.74 Å². The molecule has 2 rings (SSSR count). The first kappa shape index (κ1) is 12.0. The first-order valence-corrected chi connectivity index (χ1v) is 5.39. The summed E-state index contributed by atoms with van der Waals surface area (Å²) in [7, 11) is 1.76. The molecule has 0 fully saturated rings. The van der Waals surface area contributed by atoms with Gasteiger partial charge in [0.2, 0.25) is 11.1 Å². The van der Waals surface area contributed by atoms with Gasteiger partial charge in [-0.15, -0.1) is 0 Å². The minimum atomic E-state index is -0.729. The number of nitrogens with zero attached hydrogens (tertiary/aromatic N) is 4. The molecule has 0 amide bonds. The largest absolute Gasteiger partial charge is 0.461 e. The van der Waals surface area contributed by atoms with E-state index in [1.165, 1.54) is 16.9 Å². The van der Waals surface area contributed by atoms with Crippen molar-refractivity contribution in [2.75, 3.05) is 6.61 Å². The number of esters is 1. The Kier molecular flexibility index (Phi) is 3.22. The lowest BCUT2D eigenvalue weighted by Gasteiger charge is -2.03. The fraction of sp³-hybridized carbons (Fsp3) is 0.273. The van der Waals surface area contributed by atoms with Crippen LogP contribution in [0.5, 0.6) is 0 Å². The Morgan fingerprint density at radius 1 is 1.33 bits per heavy atom. The Hall–Kier alpha value is -2.44. The summed E-state index contributed by atoms with van der Waals surface area (Å²) in [4.78, 5) is 23.1. The summed E-state index contributed by atoms with van der Waals surface area (Å²) >= 11 is 0. The summed E-state index contributed by atoms with van der Waals surface area (Å²) in [6.45, 7) is 1.86. The maximum absolute atomic E-state index is 11.5. The van der Waals surface area contributed by atoms with Crippen LogP contribution in [-0.4, -0.2) is 32.1 Å². The predicted octanol–water partition coefficient (Wildman–Crippen LogP) is 0.143. The Morgan fingerprint density at radius 2 is 2.11 bits per heavy atom. The van der Waals surface area contributed by atoms with E-state index in [1.54, 1.807) is 30.9 Å². The second kappa shape index (κ2) is 4.82. The van der Waals surface area contributed by atoms with Crippen LogP contribution in [0.4, 0.5) is 0 Å². The lowest BCUT2D eigenvalue weighted by molar-refractivity contribution is 0.0515. The zero-order valence-electron chi connectivity index (χ0n) is 10.0. The number of hydrogen-bond donors (Lipinski definition) is 0. The quantitative estimate of drug-likeness (QED) is 0.722. The molecule has 0 aliphatic heterocycles. The molecule has 0 spiro atoms. The molecule has 0 unspecified atom stereocenters. The van der Waals surface area contributed by atoms with E-state index in [-0.39, 0.29) is 12.3 Å². The van der Waals surface area contributed by atoms with E-state index in [0.717, 1.165) is 0 Å². The highest BCUT2D eigenvalue weighted by atomic mass is 16.5. The third-order valence-corrected chi connectivity index (χ3v) is 2.21. The Balaban J connectivity index is 2.43. The van der Waals surface area contributed by atoms with E-state index in [9.17, 15) is 9.59 Å². The van der Waals surface area contributed by atoms with Crippen molar-refractivity contribution in [1.29, 1.82) is 0 Å². The molecule has 0 aliphatic rings. The van der Waals surface area contributed by atoms with E-state index in [0.29, 0.717) is 5.82 Å². The second-order valence-electron chi connectivity index (χ2n) is 3.54. The van der Waals surface area contributed by atoms with Crippen LogP contribution in [0.2, 0.25) is 0 Å². The smallest absolute Gasteiger partial charge is 0.362 e. The van der Waals surface area contributed by atoms with E-state index < -0.39 is 11.4 Å². The lowest BCUT2D eigenvalue weighted by Crippen LogP contribution is -2.22. The van der Waals surface area contributed by atoms with Crippen LogP contribution in [0.3, 0.4) is 0 Å². The van der Waals surface area contributed by atoms with Crippen LogP contribution in [0, 0.1) is 0 Å². The van der Waals surface area contributed by atoms with Gasteiger partial charge in [-0.05, 0) is 6.92 Å². The first-order valence-electron chi connectivity index (χ1n) is 5.39. The number of aromatic nitrogens is 4. The molecule has 2 heterocycles. The fourth-order valence-electron chi connectivity index (χ4n) is 1.40. The molecule has 94 valence electrons. The van der Waals surface area contributed by atoms with Gasteiger partial charge in [0, 0.05) is 31.6 Å². The van der Waals surface area contributed by atoms with E-state index in [2.05, 4.69) is 10.2 Å². The van der Waals surface area contributed by atoms with Crippen LogP contribution < -0.4 is 5.43 Å². The number of ether oxygens (including phenoxy) is 1. The van der Waals surface area contributed by atoms with E-state index in [1.807, 2.05) is 0 Å². The van der Waals surface area contributed by atoms with Crippen molar-refractivity contribution in [1.82, 2.24) is 19.6 Å². The molecule has 0 aliphatic carbocycles. The summed E-state index contributed by atoms with van der Waals surface area (Å²) < 4.78 is 7.72. The Bertz CT molecular complexity index is 629. The highest BCUT2D eigenvalue weighted by molar-refractivity contribution is 5.86. The number of hydrogen-bond acceptors (Lipinski definition) is 5. The Morgan fingerprint density at radius 3 is 2.72 bits per heavy atom. The lowest BCUT2D eigenvalue weighted by atomic mass is 10.4. The van der Waals surface area contributed by atoms with Gasteiger partial charge >= 0.3 is 5.97 Å². The molecule has 0 saturated carbocycles. The van der Waals surface area contributed by atoms with E-state index in [4.69, 9.17) is 4.74 Å². The van der Waals surface area contributed by atoms with Crippen molar-refractivity contribution in [2.24, 2.45) is 7.05 Å². The molecule has 0 saturated heterocycles. The van der Waals surface area contributed by atoms with Crippen LogP contribution >= 0.6 is 0 Å². The molecular formula is C11H12N4O3. The summed E-state index contributed by atoms with van der Waals surface area (Å²) in [6.07, 6.45) is 3.19. The van der Waals surface area contributed by atoms with Crippen molar-refractivity contribution in [3.8, 4) is 5.82 Å². The van der Waals surface area contributed by atoms with Gasteiger partial charge in [0.05, 0.1) is 6.61 Å². The maximum Gasteiger partial charge on any atom is 0.362 e. The standard InChI is InChI=1S/C11H12N4O3/c1-3-18-11(17)10-8(16)4-7-15(13-10)9-5-6-14(2)12-9/h4-7H,3H2,1-2H3. The normalized spacial score (nSPS) is 10.3. The zero-order chi connectivity index (χ0) is 13.1. The van der Waals surface area contributed by atoms with Crippen LogP contribution in [0.25, 0.3) is 5.82 Å². The Labute approximate surface area is 103 Å². The van der Waals surface area contributed by atoms with Crippen molar-refractivity contribution >= 4 is 5.97 Å². The second-order valence-corrected chi connectivity index (χ2v) is 3.54. The predicted molar refractivity (Wildman–Crippen MR) is 62.6 cm³/mol. The zero-order valence-corrected chi connectivity index (χ0v) is 10.0. The topological polar surface area (TPSA) is 79.0 Å². The van der Waals surface area contributed by atoms with Gasteiger partial charge in [0.15, 0.2) is 5.82 Å². The number of rotatable bonds is 3. The summed E-state index contributed by atoms with van der Waals surface area (Å²) in [5.74, 6) is -0.212. The molecule has 7 nitrogen and oxygen atoms in total. The molecule has 0 N–H and O–H groups in total. The molecule has 2 aromatic heterocycles. The van der Waals surface area contributed by atoms with E-state index >= 15 is 0 Å². The maximum atomic E-state index is 11.5. The number of aryl methyl sites for hydroxylation is 1. The molecule has 2 aromatic rings. The summed E-state index contributed by atoms with van der Waals surface area (Å²) in [5.41, 5.74) is -0.717. The minimum Gasteiger partial charge on any atom is -0.461 e. The van der Waals surface area contributed by atoms with Crippen LogP contribution in [0.15, 0.2) is 29.3 Å². The first-order chi connectivity index (χ1) is 8.61. The van der Waals surface area contributed by atoms with Gasteiger partial charge in [0.1, 0.15) is 0 Å². The number of carbonyl (C=O) groups is 1. The highest BCUT2D eigenvalue weighted by Crippen LogP contribution is 2.01. The fourth-order valence-corrected chi connectivity index (χ4v) is 1.40. The number of carbonyl (C=O) groups excluding carboxylic acids is 1. The molecule has 0 atom stereocenters. The third kappa shape index (κ3) is 2.29. The minimum absolute atomic E-state index is 0.193. The average molecular weight is 248 g/mol. The molecule has 18 heavy (non-hydrogen) atoms. The molecule has 0 aromatic carbocycles. The van der Waals surface area contributed by atoms with Gasteiger partial charge in [-0.1, -0.05) is 0 Å². The van der Waals surface area contributed by atoms with Crippen molar-refractivity contribution in [3.63, 3.8) is 0 Å². The van der Waals surface area contributed by atoms with Crippen molar-refractivity contribution in [3.05, 3.63) is 40.4 Å². The summed E-state index contributed by atoms with van der Waals surface area (Å²) in [5, 5.41) is 8.05. The third-order valence-electron chi connectivity index (χ3n) is 2.21. The molecular weight excluding hydrogens is 236 g/mol. The van der Waals surface area contributed by atoms with Gasteiger partial charge in [0.25, 0.3) is 0 Å².